The van der Waals surface area contributed by atoms with Crippen LogP contribution in [0.3, 0.4) is 0 Å². The number of carbonyl (C=O) groups excluding carboxylic acids is 2. The Balaban J connectivity index is 1.84. The Morgan fingerprint density at radius 2 is 1.96 bits per heavy atom. The van der Waals surface area contributed by atoms with Crippen LogP contribution in [0.2, 0.25) is 0 Å². The van der Waals surface area contributed by atoms with E-state index in [1.807, 2.05) is 43.6 Å². The smallest absolute Gasteiger partial charge is 0.246 e. The van der Waals surface area contributed by atoms with Gasteiger partial charge in [-0.15, -0.1) is 0 Å². The lowest BCUT2D eigenvalue weighted by atomic mass is 10.0. The number of hydrogen-bond donors (Lipinski definition) is 0. The van der Waals surface area contributed by atoms with Gasteiger partial charge in [0.2, 0.25) is 11.8 Å². The Morgan fingerprint density at radius 3 is 2.62 bits per heavy atom. The first-order valence-electron chi connectivity index (χ1n) is 8.67. The maximum atomic E-state index is 13.0. The minimum absolute atomic E-state index is 0.0330. The Morgan fingerprint density at radius 1 is 1.19 bits per heavy atom. The molecule has 1 aliphatic heterocycles. The van der Waals surface area contributed by atoms with Crippen molar-refractivity contribution in [3.8, 4) is 0 Å². The molecule has 0 bridgehead atoms. The van der Waals surface area contributed by atoms with E-state index in [0.717, 1.165) is 11.1 Å². The van der Waals surface area contributed by atoms with E-state index in [2.05, 4.69) is 5.10 Å². The minimum atomic E-state index is -0.518. The van der Waals surface area contributed by atoms with Gasteiger partial charge in [-0.1, -0.05) is 30.3 Å². The summed E-state index contributed by atoms with van der Waals surface area (Å²) in [6, 6.07) is 9.27. The van der Waals surface area contributed by atoms with Crippen LogP contribution in [0.25, 0.3) is 0 Å². The van der Waals surface area contributed by atoms with Crippen molar-refractivity contribution in [2.24, 2.45) is 7.05 Å². The molecule has 1 saturated heterocycles. The third-order valence-corrected chi connectivity index (χ3v) is 4.57. The predicted octanol–water partition coefficient (Wildman–Crippen LogP) is 0.849. The van der Waals surface area contributed by atoms with Gasteiger partial charge in [0, 0.05) is 45.4 Å². The maximum Gasteiger partial charge on any atom is 0.246 e. The number of carbonyl (C=O) groups is 2. The quantitative estimate of drug-likeness (QED) is 0.738. The number of aromatic nitrogens is 2. The van der Waals surface area contributed by atoms with Crippen molar-refractivity contribution < 1.29 is 14.3 Å². The summed E-state index contributed by atoms with van der Waals surface area (Å²) < 4.78 is 6.77. The molecule has 1 aromatic heterocycles. The van der Waals surface area contributed by atoms with Crippen LogP contribution in [0.15, 0.2) is 42.7 Å². The number of benzene rings is 1. The highest BCUT2D eigenvalue weighted by atomic mass is 16.5. The molecule has 1 aliphatic rings. The van der Waals surface area contributed by atoms with E-state index in [-0.39, 0.29) is 18.4 Å². The van der Waals surface area contributed by atoms with Crippen LogP contribution in [0.4, 0.5) is 0 Å². The number of methoxy groups -OCH3 is 1. The van der Waals surface area contributed by atoms with Crippen molar-refractivity contribution in [2.75, 3.05) is 26.8 Å². The van der Waals surface area contributed by atoms with E-state index >= 15 is 0 Å². The summed E-state index contributed by atoms with van der Waals surface area (Å²) in [7, 11) is 3.42. The Bertz CT molecular complexity index is 759. The predicted molar refractivity (Wildman–Crippen MR) is 96.1 cm³/mol. The normalized spacial score (nSPS) is 17.8. The molecule has 138 valence electrons. The van der Waals surface area contributed by atoms with Gasteiger partial charge in [0.25, 0.3) is 0 Å². The summed E-state index contributed by atoms with van der Waals surface area (Å²) in [5.41, 5.74) is 1.94. The summed E-state index contributed by atoms with van der Waals surface area (Å²) in [6.07, 6.45) is 4.10. The average Bonchev–Trinajstić information content (AvgIpc) is 3.05. The zero-order valence-electron chi connectivity index (χ0n) is 15.2. The van der Waals surface area contributed by atoms with Crippen LogP contribution in [0.5, 0.6) is 0 Å². The summed E-state index contributed by atoms with van der Waals surface area (Å²) in [5.74, 6) is -0.0834. The topological polar surface area (TPSA) is 67.7 Å². The van der Waals surface area contributed by atoms with E-state index in [0.29, 0.717) is 26.1 Å². The van der Waals surface area contributed by atoms with Crippen LogP contribution in [-0.4, -0.2) is 64.2 Å². The fourth-order valence-electron chi connectivity index (χ4n) is 3.22. The van der Waals surface area contributed by atoms with Gasteiger partial charge in [-0.25, -0.2) is 0 Å². The number of rotatable bonds is 7. The van der Waals surface area contributed by atoms with Crippen molar-refractivity contribution in [1.29, 1.82) is 0 Å². The molecule has 2 heterocycles. The molecule has 1 aromatic carbocycles. The molecular weight excluding hydrogens is 332 g/mol. The zero-order chi connectivity index (χ0) is 18.5. The van der Waals surface area contributed by atoms with E-state index in [4.69, 9.17) is 4.74 Å². The van der Waals surface area contributed by atoms with Crippen LogP contribution in [0, 0.1) is 0 Å². The summed E-state index contributed by atoms with van der Waals surface area (Å²) in [6.45, 7) is 1.31. The maximum absolute atomic E-state index is 13.0. The largest absolute Gasteiger partial charge is 0.383 e. The zero-order valence-corrected chi connectivity index (χ0v) is 15.2. The number of hydrogen-bond acceptors (Lipinski definition) is 4. The number of piperazine rings is 1. The molecular formula is C19H24N4O3. The first kappa shape index (κ1) is 18.1. The first-order chi connectivity index (χ1) is 12.6. The molecule has 26 heavy (non-hydrogen) atoms. The molecule has 0 radical (unpaired) electrons. The van der Waals surface area contributed by atoms with Crippen molar-refractivity contribution in [3.63, 3.8) is 0 Å². The average molecular weight is 356 g/mol. The number of ether oxygens (including phenoxy) is 1. The van der Waals surface area contributed by atoms with E-state index < -0.39 is 6.04 Å². The second-order valence-electron chi connectivity index (χ2n) is 6.50. The molecule has 2 amide bonds. The SMILES string of the molecule is COCCN1CC(=O)N(Cc2cnn(C)c2)[C@H](Cc2ccccc2)C1=O. The van der Waals surface area contributed by atoms with Crippen molar-refractivity contribution in [3.05, 3.63) is 53.9 Å². The van der Waals surface area contributed by atoms with Gasteiger partial charge in [-0.3, -0.25) is 14.3 Å². The van der Waals surface area contributed by atoms with Gasteiger partial charge in [0.1, 0.15) is 6.04 Å². The van der Waals surface area contributed by atoms with Crippen molar-refractivity contribution in [2.45, 2.75) is 19.0 Å². The van der Waals surface area contributed by atoms with Crippen LogP contribution < -0.4 is 0 Å². The third kappa shape index (κ3) is 4.11. The Kier molecular flexibility index (Phi) is 5.68. The van der Waals surface area contributed by atoms with Gasteiger partial charge < -0.3 is 14.5 Å². The lowest BCUT2D eigenvalue weighted by Gasteiger charge is -2.40. The lowest BCUT2D eigenvalue weighted by Crippen LogP contribution is -2.60. The summed E-state index contributed by atoms with van der Waals surface area (Å²) in [5, 5.41) is 4.16. The van der Waals surface area contributed by atoms with E-state index in [1.165, 1.54) is 0 Å². The molecule has 1 atom stereocenters. The van der Waals surface area contributed by atoms with Crippen LogP contribution >= 0.6 is 0 Å². The van der Waals surface area contributed by atoms with Gasteiger partial charge in [-0.05, 0) is 5.56 Å². The molecule has 2 aromatic rings. The monoisotopic (exact) mass is 356 g/mol. The first-order valence-corrected chi connectivity index (χ1v) is 8.67. The van der Waals surface area contributed by atoms with Crippen LogP contribution in [0.1, 0.15) is 11.1 Å². The summed E-state index contributed by atoms with van der Waals surface area (Å²) >= 11 is 0. The lowest BCUT2D eigenvalue weighted by molar-refractivity contribution is -0.157. The molecule has 3 rings (SSSR count). The van der Waals surface area contributed by atoms with Gasteiger partial charge in [0.15, 0.2) is 0 Å². The second-order valence-corrected chi connectivity index (χ2v) is 6.50. The molecule has 0 N–H and O–H groups in total. The summed E-state index contributed by atoms with van der Waals surface area (Å²) in [4.78, 5) is 29.1. The van der Waals surface area contributed by atoms with Crippen molar-refractivity contribution >= 4 is 11.8 Å². The fourth-order valence-corrected chi connectivity index (χ4v) is 3.22. The second kappa shape index (κ2) is 8.14. The highest BCUT2D eigenvalue weighted by molar-refractivity contribution is 5.95. The molecule has 0 saturated carbocycles. The fraction of sp³-hybridized carbons (Fsp3) is 0.421. The van der Waals surface area contributed by atoms with Crippen LogP contribution in [-0.2, 0) is 34.3 Å². The van der Waals surface area contributed by atoms with E-state index in [9.17, 15) is 9.59 Å². The Labute approximate surface area is 153 Å². The van der Waals surface area contributed by atoms with Gasteiger partial charge in [0.05, 0.1) is 19.3 Å². The number of nitrogens with zero attached hydrogens (tertiary/aromatic N) is 4. The van der Waals surface area contributed by atoms with Gasteiger partial charge >= 0.3 is 0 Å². The standard InChI is InChI=1S/C19H24N4O3/c1-21-12-16(11-20-21)13-23-17(10-15-6-4-3-5-7-15)19(25)22(8-9-26-2)14-18(23)24/h3-7,11-12,17H,8-10,13-14H2,1-2H3/t17-/m1/s1. The number of amides is 2. The molecule has 7 heteroatoms. The molecule has 7 nitrogen and oxygen atoms in total. The molecule has 0 aliphatic carbocycles. The molecule has 0 unspecified atom stereocenters. The minimum Gasteiger partial charge on any atom is -0.383 e. The van der Waals surface area contributed by atoms with E-state index in [1.54, 1.807) is 27.8 Å². The number of aryl methyl sites for hydroxylation is 1. The Hall–Kier alpha value is -2.67. The molecule has 0 spiro atoms. The van der Waals surface area contributed by atoms with Gasteiger partial charge in [-0.2, -0.15) is 5.10 Å². The third-order valence-electron chi connectivity index (χ3n) is 4.57. The highest BCUT2D eigenvalue weighted by Crippen LogP contribution is 2.20. The van der Waals surface area contributed by atoms with Crippen molar-refractivity contribution in [1.82, 2.24) is 19.6 Å². The highest BCUT2D eigenvalue weighted by Gasteiger charge is 2.39. The molecule has 1 fully saturated rings.